The topological polar surface area (TPSA) is 219 Å². The van der Waals surface area contributed by atoms with Crippen LogP contribution in [0.25, 0.3) is 0 Å². The van der Waals surface area contributed by atoms with Crippen LogP contribution < -0.4 is 0 Å². The van der Waals surface area contributed by atoms with E-state index in [1.165, 1.54) is 25.7 Å². The van der Waals surface area contributed by atoms with Gasteiger partial charge in [0.1, 0.15) is 12.7 Å². The number of esters is 2. The van der Waals surface area contributed by atoms with Crippen molar-refractivity contribution >= 4 is 19.8 Å². The average Bonchev–Trinajstić information content (AvgIpc) is 3.20. The first-order chi connectivity index (χ1) is 28.4. The standard InChI is InChI=1S/C44H77O14P/c1-3-5-7-8-9-10-11-12-13-14-15-16-17-18-23-27-42(49)54-34-38(35-56-59(52,53)55-33-37(47)32-45)57-43(50)28-24-20-19-22-26-39-40(48)31-44(51)58-41(39)30-29-36(46)25-21-6-4-2/h10-13,19,22,29-30,36-41,44-48,51H,3-9,14-18,20-21,23-28,31-35H2,1-2H3,(H,52,53)/b11-10-,13-12-,22-19-,30-29+/t36-,37-,38+,39-,40-,41+,44?/m0/s1. The van der Waals surface area contributed by atoms with Crippen molar-refractivity contribution in [1.29, 1.82) is 0 Å². The molecule has 6 N–H and O–H groups in total. The number of allylic oxidation sites excluding steroid dienone is 6. The minimum atomic E-state index is -4.70. The Hall–Kier alpha value is -2.23. The van der Waals surface area contributed by atoms with Crippen LogP contribution in [0, 0.1) is 5.92 Å². The summed E-state index contributed by atoms with van der Waals surface area (Å²) in [5.74, 6) is -1.48. The van der Waals surface area contributed by atoms with Gasteiger partial charge >= 0.3 is 19.8 Å². The minimum Gasteiger partial charge on any atom is -0.462 e. The molecule has 0 aromatic heterocycles. The molecule has 59 heavy (non-hydrogen) atoms. The number of carbonyl (C=O) groups excluding carboxylic acids is 2. The predicted octanol–water partition coefficient (Wildman–Crippen LogP) is 7.44. The zero-order valence-corrected chi connectivity index (χ0v) is 36.6. The molecule has 0 aliphatic carbocycles. The van der Waals surface area contributed by atoms with Crippen LogP contribution in [0.1, 0.15) is 149 Å². The fourth-order valence-corrected chi connectivity index (χ4v) is 7.05. The summed E-state index contributed by atoms with van der Waals surface area (Å²) in [7, 11) is -4.70. The molecule has 342 valence electrons. The number of hydrogen-bond donors (Lipinski definition) is 6. The molecule has 1 aliphatic heterocycles. The Morgan fingerprint density at radius 1 is 0.763 bits per heavy atom. The number of phosphoric acid groups is 1. The Morgan fingerprint density at radius 3 is 2.07 bits per heavy atom. The summed E-state index contributed by atoms with van der Waals surface area (Å²) in [6, 6.07) is 0. The van der Waals surface area contributed by atoms with Gasteiger partial charge in [0.25, 0.3) is 0 Å². The van der Waals surface area contributed by atoms with E-state index < -0.39 is 83.0 Å². The van der Waals surface area contributed by atoms with Crippen LogP contribution in [0.5, 0.6) is 0 Å². The lowest BCUT2D eigenvalue weighted by Gasteiger charge is -2.36. The molecule has 1 saturated heterocycles. The molecule has 8 atom stereocenters. The Labute approximate surface area is 353 Å². The highest BCUT2D eigenvalue weighted by Crippen LogP contribution is 2.43. The maximum Gasteiger partial charge on any atom is 0.472 e. The number of phosphoric ester groups is 1. The van der Waals surface area contributed by atoms with E-state index in [1.807, 2.05) is 12.2 Å². The summed E-state index contributed by atoms with van der Waals surface area (Å²) >= 11 is 0. The fourth-order valence-electron chi connectivity index (χ4n) is 6.26. The number of ether oxygens (including phenoxy) is 3. The molecule has 0 spiro atoms. The first kappa shape index (κ1) is 54.8. The Bertz CT molecular complexity index is 1240. The predicted molar refractivity (Wildman–Crippen MR) is 227 cm³/mol. The molecule has 1 rings (SSSR count). The van der Waals surface area contributed by atoms with Gasteiger partial charge in [0.2, 0.25) is 0 Å². The second-order valence-corrected chi connectivity index (χ2v) is 16.7. The highest BCUT2D eigenvalue weighted by atomic mass is 31.2. The fraction of sp³-hybridized carbons (Fsp3) is 0.773. The normalized spacial score (nSPS) is 21.4. The third kappa shape index (κ3) is 30.4. The van der Waals surface area contributed by atoms with Crippen molar-refractivity contribution in [3.8, 4) is 0 Å². The van der Waals surface area contributed by atoms with Crippen LogP contribution >= 0.6 is 7.82 Å². The number of aliphatic hydroxyl groups is 5. The molecule has 1 fully saturated rings. The van der Waals surface area contributed by atoms with E-state index in [-0.39, 0.29) is 25.2 Å². The van der Waals surface area contributed by atoms with E-state index in [9.17, 15) is 39.5 Å². The summed E-state index contributed by atoms with van der Waals surface area (Å²) in [6.45, 7) is 1.91. The van der Waals surface area contributed by atoms with Gasteiger partial charge in [-0.25, -0.2) is 4.57 Å². The highest BCUT2D eigenvalue weighted by molar-refractivity contribution is 7.47. The molecule has 0 bridgehead atoms. The largest absolute Gasteiger partial charge is 0.472 e. The quantitative estimate of drug-likeness (QED) is 0.0119. The number of carbonyl (C=O) groups is 2. The third-order valence-electron chi connectivity index (χ3n) is 9.78. The van der Waals surface area contributed by atoms with Crippen molar-refractivity contribution in [1.82, 2.24) is 0 Å². The monoisotopic (exact) mass is 861 g/mol. The van der Waals surface area contributed by atoms with Crippen LogP contribution in [0.2, 0.25) is 0 Å². The summed E-state index contributed by atoms with van der Waals surface area (Å²) in [6.07, 6.45) is 26.9. The van der Waals surface area contributed by atoms with Crippen molar-refractivity contribution in [2.24, 2.45) is 5.92 Å². The zero-order chi connectivity index (χ0) is 43.6. The van der Waals surface area contributed by atoms with Crippen molar-refractivity contribution in [3.05, 3.63) is 48.6 Å². The molecule has 1 aliphatic rings. The highest BCUT2D eigenvalue weighted by Gasteiger charge is 2.35. The Morgan fingerprint density at radius 2 is 1.37 bits per heavy atom. The Kier molecular flexibility index (Phi) is 32.8. The van der Waals surface area contributed by atoms with Crippen LogP contribution in [-0.2, 0) is 37.4 Å². The molecule has 0 radical (unpaired) electrons. The van der Waals surface area contributed by atoms with Gasteiger partial charge < -0.3 is 44.6 Å². The average molecular weight is 861 g/mol. The maximum atomic E-state index is 12.7. The second kappa shape index (κ2) is 35.4. The van der Waals surface area contributed by atoms with Gasteiger partial charge in [-0.15, -0.1) is 0 Å². The molecule has 15 heteroatoms. The van der Waals surface area contributed by atoms with Crippen LogP contribution in [0.15, 0.2) is 48.6 Å². The lowest BCUT2D eigenvalue weighted by molar-refractivity contribution is -0.199. The SMILES string of the molecule is CCCCCC/C=C\C=C/CCCCCCCC(=O)OC[C@H](COP(=O)(O)OC[C@@H](O)CO)OC(=O)CCC/C=C\C[C@H]1[C@@H](O)CC(O)O[C@@H]1/C=C/[C@@H](O)CCCCC. The molecular formula is C44H77O14P. The molecule has 0 amide bonds. The van der Waals surface area contributed by atoms with Gasteiger partial charge in [-0.05, 0) is 57.8 Å². The van der Waals surface area contributed by atoms with E-state index in [1.54, 1.807) is 12.2 Å². The molecule has 0 aromatic rings. The van der Waals surface area contributed by atoms with Gasteiger partial charge in [0.05, 0.1) is 38.1 Å². The van der Waals surface area contributed by atoms with Gasteiger partial charge in [0, 0.05) is 25.2 Å². The summed E-state index contributed by atoms with van der Waals surface area (Å²) in [5, 5.41) is 49.3. The number of unbranched alkanes of at least 4 members (excludes halogenated alkanes) is 12. The van der Waals surface area contributed by atoms with Crippen molar-refractivity contribution in [2.75, 3.05) is 26.4 Å². The summed E-state index contributed by atoms with van der Waals surface area (Å²) < 4.78 is 38.3. The second-order valence-electron chi connectivity index (χ2n) is 15.3. The summed E-state index contributed by atoms with van der Waals surface area (Å²) in [5.41, 5.74) is 0. The van der Waals surface area contributed by atoms with Crippen LogP contribution in [0.3, 0.4) is 0 Å². The maximum absolute atomic E-state index is 12.7. The van der Waals surface area contributed by atoms with Crippen molar-refractivity contribution in [3.63, 3.8) is 0 Å². The number of hydrogen-bond acceptors (Lipinski definition) is 13. The molecule has 0 saturated carbocycles. The molecular weight excluding hydrogens is 783 g/mol. The first-order valence-electron chi connectivity index (χ1n) is 22.0. The zero-order valence-electron chi connectivity index (χ0n) is 35.7. The number of rotatable bonds is 36. The van der Waals surface area contributed by atoms with Crippen molar-refractivity contribution in [2.45, 2.75) is 185 Å². The van der Waals surface area contributed by atoms with E-state index in [4.69, 9.17) is 23.8 Å². The van der Waals surface area contributed by atoms with Gasteiger partial charge in [-0.2, -0.15) is 0 Å². The van der Waals surface area contributed by atoms with Gasteiger partial charge in [0.15, 0.2) is 12.4 Å². The lowest BCUT2D eigenvalue weighted by atomic mass is 9.87. The van der Waals surface area contributed by atoms with E-state index in [0.717, 1.165) is 57.8 Å². The summed E-state index contributed by atoms with van der Waals surface area (Å²) in [4.78, 5) is 35.2. The lowest BCUT2D eigenvalue weighted by Crippen LogP contribution is -2.43. The van der Waals surface area contributed by atoms with E-state index in [2.05, 4.69) is 42.7 Å². The van der Waals surface area contributed by atoms with E-state index >= 15 is 0 Å². The first-order valence-corrected chi connectivity index (χ1v) is 23.5. The third-order valence-corrected chi connectivity index (χ3v) is 10.7. The molecule has 2 unspecified atom stereocenters. The number of aliphatic hydroxyl groups excluding tert-OH is 5. The Balaban J connectivity index is 2.53. The van der Waals surface area contributed by atoms with Crippen LogP contribution in [-0.4, -0.2) is 106 Å². The van der Waals surface area contributed by atoms with Crippen molar-refractivity contribution < 1.29 is 67.8 Å². The molecule has 14 nitrogen and oxygen atoms in total. The molecule has 0 aromatic carbocycles. The van der Waals surface area contributed by atoms with Gasteiger partial charge in [-0.1, -0.05) is 120 Å². The smallest absolute Gasteiger partial charge is 0.462 e. The minimum absolute atomic E-state index is 0.0149. The van der Waals surface area contributed by atoms with Gasteiger partial charge in [-0.3, -0.25) is 18.6 Å². The van der Waals surface area contributed by atoms with E-state index in [0.29, 0.717) is 32.1 Å². The molecule has 1 heterocycles. The van der Waals surface area contributed by atoms with Crippen LogP contribution in [0.4, 0.5) is 0 Å².